The van der Waals surface area contributed by atoms with Crippen molar-refractivity contribution in [1.29, 1.82) is 0 Å². The lowest BCUT2D eigenvalue weighted by atomic mass is 9.98. The molecule has 0 amide bonds. The van der Waals surface area contributed by atoms with Crippen molar-refractivity contribution >= 4 is 27.9 Å². The van der Waals surface area contributed by atoms with Crippen LogP contribution in [-0.4, -0.2) is 16.2 Å². The molecule has 0 aliphatic heterocycles. The van der Waals surface area contributed by atoms with Gasteiger partial charge >= 0.3 is 5.97 Å². The summed E-state index contributed by atoms with van der Waals surface area (Å²) < 4.78 is 5.73. The van der Waals surface area contributed by atoms with Crippen molar-refractivity contribution in [2.24, 2.45) is 5.92 Å². The summed E-state index contributed by atoms with van der Waals surface area (Å²) in [5.41, 5.74) is 1.13. The van der Waals surface area contributed by atoms with Crippen molar-refractivity contribution in [3.05, 3.63) is 57.7 Å². The first-order valence-corrected chi connectivity index (χ1v) is 7.30. The number of carboxylic acid groups (broad SMARTS) is 1. The molecule has 1 heterocycles. The summed E-state index contributed by atoms with van der Waals surface area (Å²) in [6.07, 6.45) is -0.644. The maximum atomic E-state index is 12.6. The second kappa shape index (κ2) is 5.52. The molecular weight excluding hydrogens is 296 g/mol. The Morgan fingerprint density at radius 1 is 1.04 bits per heavy atom. The molecule has 0 spiro atoms. The normalized spacial score (nSPS) is 12.9. The van der Waals surface area contributed by atoms with Gasteiger partial charge < -0.3 is 14.6 Å². The maximum Gasteiger partial charge on any atom is 0.335 e. The highest BCUT2D eigenvalue weighted by Crippen LogP contribution is 2.26. The Morgan fingerprint density at radius 2 is 1.78 bits per heavy atom. The molecular formula is C18H16O5. The van der Waals surface area contributed by atoms with Crippen LogP contribution in [0.1, 0.15) is 35.9 Å². The maximum absolute atomic E-state index is 12.6. The van der Waals surface area contributed by atoms with Crippen LogP contribution < -0.4 is 5.43 Å². The van der Waals surface area contributed by atoms with Crippen molar-refractivity contribution in [3.63, 3.8) is 0 Å². The molecule has 3 aromatic rings. The fraction of sp³-hybridized carbons (Fsp3) is 0.222. The lowest BCUT2D eigenvalue weighted by molar-refractivity contribution is 0.0697. The molecule has 0 aliphatic rings. The summed E-state index contributed by atoms with van der Waals surface area (Å²) in [6, 6.07) is 9.15. The molecule has 1 aromatic heterocycles. The highest BCUT2D eigenvalue weighted by atomic mass is 16.4. The first kappa shape index (κ1) is 15.2. The number of rotatable bonds is 3. The first-order valence-electron chi connectivity index (χ1n) is 7.30. The van der Waals surface area contributed by atoms with Gasteiger partial charge in [0.25, 0.3) is 0 Å². The second-order valence-electron chi connectivity index (χ2n) is 5.89. The van der Waals surface area contributed by atoms with Gasteiger partial charge in [-0.1, -0.05) is 19.9 Å². The van der Waals surface area contributed by atoms with Crippen LogP contribution in [0.25, 0.3) is 21.9 Å². The Balaban J connectivity index is 2.27. The molecule has 23 heavy (non-hydrogen) atoms. The van der Waals surface area contributed by atoms with Gasteiger partial charge in [0.2, 0.25) is 5.43 Å². The summed E-state index contributed by atoms with van der Waals surface area (Å²) in [5, 5.41) is 19.8. The largest absolute Gasteiger partial charge is 0.478 e. The fourth-order valence-corrected chi connectivity index (χ4v) is 2.57. The van der Waals surface area contributed by atoms with Crippen molar-refractivity contribution in [2.75, 3.05) is 0 Å². The number of hydrogen-bond donors (Lipinski definition) is 2. The Bertz CT molecular complexity index is 968. The minimum Gasteiger partial charge on any atom is -0.478 e. The van der Waals surface area contributed by atoms with E-state index in [9.17, 15) is 14.7 Å². The zero-order valence-corrected chi connectivity index (χ0v) is 12.7. The van der Waals surface area contributed by atoms with E-state index >= 15 is 0 Å². The third-order valence-electron chi connectivity index (χ3n) is 3.91. The summed E-state index contributed by atoms with van der Waals surface area (Å²) >= 11 is 0. The summed E-state index contributed by atoms with van der Waals surface area (Å²) in [4.78, 5) is 23.6. The number of benzene rings is 2. The number of carbonyl (C=O) groups is 1. The van der Waals surface area contributed by atoms with Crippen LogP contribution in [0.4, 0.5) is 0 Å². The number of aliphatic hydroxyl groups is 1. The fourth-order valence-electron chi connectivity index (χ4n) is 2.57. The molecule has 0 fully saturated rings. The molecule has 1 unspecified atom stereocenters. The van der Waals surface area contributed by atoms with Crippen molar-refractivity contribution in [1.82, 2.24) is 0 Å². The standard InChI is InChI=1S/C18H16O5/c1-9(2)16(19)10-3-5-12-15(8-10)23-14-6-4-11(18(21)22)7-13(14)17(12)20/h3-9,16,19H,1-2H3,(H,21,22). The van der Waals surface area contributed by atoms with Crippen LogP contribution in [0, 0.1) is 5.92 Å². The molecule has 0 aliphatic carbocycles. The molecule has 1 atom stereocenters. The number of aliphatic hydroxyl groups excluding tert-OH is 1. The van der Waals surface area contributed by atoms with Gasteiger partial charge in [0.15, 0.2) is 0 Å². The van der Waals surface area contributed by atoms with Crippen LogP contribution in [0.5, 0.6) is 0 Å². The average molecular weight is 312 g/mol. The van der Waals surface area contributed by atoms with E-state index in [1.165, 1.54) is 18.2 Å². The number of hydrogen-bond acceptors (Lipinski definition) is 4. The highest BCUT2D eigenvalue weighted by molar-refractivity contribution is 5.96. The van der Waals surface area contributed by atoms with Crippen LogP contribution in [-0.2, 0) is 0 Å². The van der Waals surface area contributed by atoms with Crippen molar-refractivity contribution in [3.8, 4) is 0 Å². The van der Waals surface area contributed by atoms with Gasteiger partial charge in [0, 0.05) is 0 Å². The highest BCUT2D eigenvalue weighted by Gasteiger charge is 2.15. The van der Waals surface area contributed by atoms with E-state index in [1.807, 2.05) is 13.8 Å². The van der Waals surface area contributed by atoms with E-state index in [0.717, 1.165) is 0 Å². The molecule has 5 heteroatoms. The number of aromatic carboxylic acids is 1. The SMILES string of the molecule is CC(C)C(O)c1ccc2c(=O)c3cc(C(=O)O)ccc3oc2c1. The minimum absolute atomic E-state index is 0.0380. The molecule has 0 radical (unpaired) electrons. The Hall–Kier alpha value is -2.66. The van der Waals surface area contributed by atoms with E-state index in [-0.39, 0.29) is 22.3 Å². The summed E-state index contributed by atoms with van der Waals surface area (Å²) in [6.45, 7) is 3.80. The van der Waals surface area contributed by atoms with E-state index in [1.54, 1.807) is 18.2 Å². The molecule has 0 saturated carbocycles. The Morgan fingerprint density at radius 3 is 2.43 bits per heavy atom. The molecule has 118 valence electrons. The molecule has 5 nitrogen and oxygen atoms in total. The van der Waals surface area contributed by atoms with Gasteiger partial charge in [0.1, 0.15) is 11.2 Å². The van der Waals surface area contributed by atoms with E-state index < -0.39 is 12.1 Å². The number of carboxylic acids is 1. The van der Waals surface area contributed by atoms with Crippen molar-refractivity contribution < 1.29 is 19.4 Å². The van der Waals surface area contributed by atoms with E-state index in [2.05, 4.69) is 0 Å². The van der Waals surface area contributed by atoms with E-state index in [4.69, 9.17) is 9.52 Å². The van der Waals surface area contributed by atoms with E-state index in [0.29, 0.717) is 22.1 Å². The third kappa shape index (κ3) is 2.59. The van der Waals surface area contributed by atoms with Crippen LogP contribution in [0.3, 0.4) is 0 Å². The Kier molecular flexibility index (Phi) is 3.66. The van der Waals surface area contributed by atoms with Gasteiger partial charge in [0.05, 0.1) is 22.4 Å². The second-order valence-corrected chi connectivity index (χ2v) is 5.89. The summed E-state index contributed by atoms with van der Waals surface area (Å²) in [7, 11) is 0. The van der Waals surface area contributed by atoms with Gasteiger partial charge in [-0.25, -0.2) is 4.79 Å². The molecule has 2 N–H and O–H groups in total. The summed E-state index contributed by atoms with van der Waals surface area (Å²) in [5.74, 6) is -1.06. The Labute approximate surface area is 131 Å². The van der Waals surface area contributed by atoms with Gasteiger partial charge in [-0.05, 0) is 41.8 Å². The van der Waals surface area contributed by atoms with Gasteiger partial charge in [-0.2, -0.15) is 0 Å². The van der Waals surface area contributed by atoms with Crippen molar-refractivity contribution in [2.45, 2.75) is 20.0 Å². The van der Waals surface area contributed by atoms with Crippen LogP contribution in [0.15, 0.2) is 45.6 Å². The van der Waals surface area contributed by atoms with Crippen LogP contribution >= 0.6 is 0 Å². The molecule has 3 rings (SSSR count). The predicted molar refractivity (Wildman–Crippen MR) is 86.7 cm³/mol. The average Bonchev–Trinajstić information content (AvgIpc) is 2.53. The van der Waals surface area contributed by atoms with Crippen LogP contribution in [0.2, 0.25) is 0 Å². The minimum atomic E-state index is -1.10. The molecule has 0 saturated heterocycles. The molecule has 2 aromatic carbocycles. The zero-order valence-electron chi connectivity index (χ0n) is 12.7. The van der Waals surface area contributed by atoms with Gasteiger partial charge in [-0.15, -0.1) is 0 Å². The quantitative estimate of drug-likeness (QED) is 0.724. The van der Waals surface area contributed by atoms with Gasteiger partial charge in [-0.3, -0.25) is 4.79 Å². The lowest BCUT2D eigenvalue weighted by Gasteiger charge is -2.15. The predicted octanol–water partition coefficient (Wildman–Crippen LogP) is 3.33. The smallest absolute Gasteiger partial charge is 0.335 e. The molecule has 0 bridgehead atoms. The monoisotopic (exact) mass is 312 g/mol. The number of fused-ring (bicyclic) bond motifs is 2. The zero-order chi connectivity index (χ0) is 16.7. The first-order chi connectivity index (χ1) is 10.9. The topological polar surface area (TPSA) is 87.7 Å². The third-order valence-corrected chi connectivity index (χ3v) is 3.91. The lowest BCUT2D eigenvalue weighted by Crippen LogP contribution is -2.07.